The average molecular weight is 380 g/mol. The molecule has 3 rings (SSSR count). The lowest BCUT2D eigenvalue weighted by molar-refractivity contribution is -0.135. The highest BCUT2D eigenvalue weighted by atomic mass is 16.5. The predicted molar refractivity (Wildman–Crippen MR) is 100 cm³/mol. The van der Waals surface area contributed by atoms with E-state index < -0.39 is 11.6 Å². The maximum absolute atomic E-state index is 12.6. The first kappa shape index (κ1) is 20.1. The minimum Gasteiger partial charge on any atom is -0.379 e. The Morgan fingerprint density at radius 1 is 1.30 bits per heavy atom. The number of nitrogens with one attached hydrogen (secondary N) is 2. The van der Waals surface area contributed by atoms with Gasteiger partial charge in [0.15, 0.2) is 0 Å². The first-order valence-corrected chi connectivity index (χ1v) is 10.0. The van der Waals surface area contributed by atoms with Crippen LogP contribution in [-0.4, -0.2) is 78.6 Å². The highest BCUT2D eigenvalue weighted by Crippen LogP contribution is 2.42. The standard InChI is InChI=1S/C19H32N4O4/c1-13(2)10-15(22-6-8-27-9-7-22)11-20-16(24)12-23-17(25)19(3,14-4-5-14)21-18(23)26/h13-15H,4-12H2,1-3H3,(H,20,24)(H,21,26)/t15-,19-/m0/s1. The predicted octanol–water partition coefficient (Wildman–Crippen LogP) is 0.570. The number of urea groups is 1. The van der Waals surface area contributed by atoms with Crippen LogP contribution in [0, 0.1) is 11.8 Å². The molecule has 27 heavy (non-hydrogen) atoms. The summed E-state index contributed by atoms with van der Waals surface area (Å²) < 4.78 is 5.42. The van der Waals surface area contributed by atoms with E-state index in [9.17, 15) is 14.4 Å². The molecule has 0 bridgehead atoms. The molecular weight excluding hydrogens is 348 g/mol. The number of ether oxygens (including phenoxy) is 1. The molecule has 2 atom stereocenters. The summed E-state index contributed by atoms with van der Waals surface area (Å²) in [5.41, 5.74) is -0.842. The second-order valence-electron chi connectivity index (χ2n) is 8.53. The number of morpholine rings is 1. The summed E-state index contributed by atoms with van der Waals surface area (Å²) in [5.74, 6) is 0.135. The minimum absolute atomic E-state index is 0.193. The van der Waals surface area contributed by atoms with Crippen LogP contribution >= 0.6 is 0 Å². The van der Waals surface area contributed by atoms with E-state index in [-0.39, 0.29) is 30.3 Å². The van der Waals surface area contributed by atoms with E-state index in [0.717, 1.165) is 37.3 Å². The third kappa shape index (κ3) is 4.60. The second kappa shape index (κ2) is 8.14. The van der Waals surface area contributed by atoms with Gasteiger partial charge in [0.25, 0.3) is 5.91 Å². The summed E-state index contributed by atoms with van der Waals surface area (Å²) in [5, 5.41) is 5.71. The molecule has 1 aliphatic carbocycles. The molecule has 0 aromatic heterocycles. The molecular formula is C19H32N4O4. The van der Waals surface area contributed by atoms with Crippen LogP contribution in [0.1, 0.15) is 40.0 Å². The van der Waals surface area contributed by atoms with E-state index in [4.69, 9.17) is 4.74 Å². The summed E-state index contributed by atoms with van der Waals surface area (Å²) >= 11 is 0. The third-order valence-electron chi connectivity index (χ3n) is 5.84. The molecule has 0 aromatic rings. The Morgan fingerprint density at radius 2 is 1.96 bits per heavy atom. The number of nitrogens with zero attached hydrogens (tertiary/aromatic N) is 2. The van der Waals surface area contributed by atoms with E-state index in [0.29, 0.717) is 25.7 Å². The van der Waals surface area contributed by atoms with Crippen LogP contribution in [0.4, 0.5) is 4.79 Å². The molecule has 8 nitrogen and oxygen atoms in total. The first-order valence-electron chi connectivity index (χ1n) is 10.0. The van der Waals surface area contributed by atoms with E-state index >= 15 is 0 Å². The van der Waals surface area contributed by atoms with Gasteiger partial charge in [-0.1, -0.05) is 13.8 Å². The number of hydrogen-bond donors (Lipinski definition) is 2. The van der Waals surface area contributed by atoms with Crippen molar-refractivity contribution in [3.8, 4) is 0 Å². The fourth-order valence-electron chi connectivity index (χ4n) is 4.08. The first-order chi connectivity index (χ1) is 12.8. The largest absolute Gasteiger partial charge is 0.379 e. The zero-order valence-electron chi connectivity index (χ0n) is 16.6. The van der Waals surface area contributed by atoms with Gasteiger partial charge in [-0.05, 0) is 38.0 Å². The van der Waals surface area contributed by atoms with Gasteiger partial charge in [-0.15, -0.1) is 0 Å². The van der Waals surface area contributed by atoms with Crippen molar-refractivity contribution in [3.05, 3.63) is 0 Å². The van der Waals surface area contributed by atoms with Crippen LogP contribution in [0.5, 0.6) is 0 Å². The summed E-state index contributed by atoms with van der Waals surface area (Å²) in [6.07, 6.45) is 2.86. The van der Waals surface area contributed by atoms with Gasteiger partial charge in [-0.25, -0.2) is 4.79 Å². The van der Waals surface area contributed by atoms with Crippen molar-refractivity contribution in [1.29, 1.82) is 0 Å². The number of imide groups is 1. The maximum Gasteiger partial charge on any atom is 0.325 e. The Morgan fingerprint density at radius 3 is 2.56 bits per heavy atom. The molecule has 0 spiro atoms. The van der Waals surface area contributed by atoms with Gasteiger partial charge in [0.2, 0.25) is 5.91 Å². The van der Waals surface area contributed by atoms with Crippen molar-refractivity contribution >= 4 is 17.8 Å². The van der Waals surface area contributed by atoms with E-state index in [2.05, 4.69) is 29.4 Å². The van der Waals surface area contributed by atoms with E-state index in [1.54, 1.807) is 6.92 Å². The number of rotatable bonds is 8. The zero-order valence-corrected chi connectivity index (χ0v) is 16.6. The van der Waals surface area contributed by atoms with Crippen LogP contribution in [0.2, 0.25) is 0 Å². The lowest BCUT2D eigenvalue weighted by Gasteiger charge is -2.35. The maximum atomic E-state index is 12.6. The second-order valence-corrected chi connectivity index (χ2v) is 8.53. The van der Waals surface area contributed by atoms with Gasteiger partial charge in [0.1, 0.15) is 12.1 Å². The van der Waals surface area contributed by atoms with Gasteiger partial charge in [0, 0.05) is 25.7 Å². The van der Waals surface area contributed by atoms with E-state index in [1.165, 1.54) is 0 Å². The van der Waals surface area contributed by atoms with Crippen molar-refractivity contribution in [2.75, 3.05) is 39.4 Å². The topological polar surface area (TPSA) is 91.0 Å². The van der Waals surface area contributed by atoms with Gasteiger partial charge in [-0.3, -0.25) is 19.4 Å². The monoisotopic (exact) mass is 380 g/mol. The third-order valence-corrected chi connectivity index (χ3v) is 5.84. The van der Waals surface area contributed by atoms with Gasteiger partial charge >= 0.3 is 6.03 Å². The molecule has 2 heterocycles. The summed E-state index contributed by atoms with van der Waals surface area (Å²) in [4.78, 5) is 40.7. The van der Waals surface area contributed by atoms with Crippen molar-refractivity contribution in [2.24, 2.45) is 11.8 Å². The highest BCUT2D eigenvalue weighted by Gasteiger charge is 2.56. The summed E-state index contributed by atoms with van der Waals surface area (Å²) in [6, 6.07) is -0.228. The van der Waals surface area contributed by atoms with Crippen molar-refractivity contribution in [1.82, 2.24) is 20.4 Å². The van der Waals surface area contributed by atoms with Crippen LogP contribution in [0.3, 0.4) is 0 Å². The molecule has 2 saturated heterocycles. The molecule has 0 radical (unpaired) electrons. The molecule has 0 aromatic carbocycles. The SMILES string of the molecule is CC(C)C[C@@H](CNC(=O)CN1C(=O)N[C@@](C)(C2CC2)C1=O)N1CCOCC1. The molecule has 152 valence electrons. The average Bonchev–Trinajstić information content (AvgIpc) is 3.45. The number of amides is 4. The Balaban J connectivity index is 1.53. The highest BCUT2D eigenvalue weighted by molar-refractivity contribution is 6.09. The molecule has 3 fully saturated rings. The molecule has 2 N–H and O–H groups in total. The minimum atomic E-state index is -0.842. The fraction of sp³-hybridized carbons (Fsp3) is 0.842. The molecule has 1 saturated carbocycles. The Bertz CT molecular complexity index is 586. The Hall–Kier alpha value is -1.67. The quantitative estimate of drug-likeness (QED) is 0.601. The van der Waals surface area contributed by atoms with Gasteiger partial charge in [-0.2, -0.15) is 0 Å². The van der Waals surface area contributed by atoms with Gasteiger partial charge in [0.05, 0.1) is 13.2 Å². The van der Waals surface area contributed by atoms with Crippen LogP contribution < -0.4 is 10.6 Å². The lowest BCUT2D eigenvalue weighted by atomic mass is 9.96. The van der Waals surface area contributed by atoms with Crippen LogP contribution in [-0.2, 0) is 14.3 Å². The van der Waals surface area contributed by atoms with Gasteiger partial charge < -0.3 is 15.4 Å². The Kier molecular flexibility index (Phi) is 6.05. The number of carbonyl (C=O) groups excluding carboxylic acids is 3. The summed E-state index contributed by atoms with van der Waals surface area (Å²) in [7, 11) is 0. The summed E-state index contributed by atoms with van der Waals surface area (Å²) in [6.45, 7) is 9.54. The Labute approximate surface area is 161 Å². The van der Waals surface area contributed by atoms with Crippen LogP contribution in [0.15, 0.2) is 0 Å². The lowest BCUT2D eigenvalue weighted by Crippen LogP contribution is -2.51. The number of carbonyl (C=O) groups is 3. The van der Waals surface area contributed by atoms with Crippen LogP contribution in [0.25, 0.3) is 0 Å². The number of hydrogen-bond acceptors (Lipinski definition) is 5. The van der Waals surface area contributed by atoms with Crippen molar-refractivity contribution in [2.45, 2.75) is 51.6 Å². The normalized spacial score (nSPS) is 27.8. The smallest absolute Gasteiger partial charge is 0.325 e. The fourth-order valence-corrected chi connectivity index (χ4v) is 4.08. The molecule has 8 heteroatoms. The molecule has 4 amide bonds. The molecule has 0 unspecified atom stereocenters. The van der Waals surface area contributed by atoms with Crippen molar-refractivity contribution in [3.63, 3.8) is 0 Å². The van der Waals surface area contributed by atoms with E-state index in [1.807, 2.05) is 0 Å². The molecule has 2 aliphatic heterocycles. The zero-order chi connectivity index (χ0) is 19.6. The van der Waals surface area contributed by atoms with Crippen molar-refractivity contribution < 1.29 is 19.1 Å². The molecule has 3 aliphatic rings.